The van der Waals surface area contributed by atoms with Crippen molar-refractivity contribution in [3.8, 4) is 11.3 Å². The van der Waals surface area contributed by atoms with Gasteiger partial charge in [0.2, 0.25) is 5.91 Å². The summed E-state index contributed by atoms with van der Waals surface area (Å²) in [6.45, 7) is 6.08. The van der Waals surface area contributed by atoms with E-state index in [1.807, 2.05) is 36.6 Å². The minimum absolute atomic E-state index is 0.143. The van der Waals surface area contributed by atoms with Gasteiger partial charge in [0.1, 0.15) is 0 Å². The number of carbonyl (C=O) groups excluding carboxylic acids is 1. The molecule has 4 nitrogen and oxygen atoms in total. The molecule has 0 saturated carbocycles. The van der Waals surface area contributed by atoms with Crippen molar-refractivity contribution in [2.75, 3.05) is 5.32 Å². The molecule has 5 heteroatoms. The largest absolute Gasteiger partial charge is 0.325 e. The van der Waals surface area contributed by atoms with E-state index in [2.05, 4.69) is 24.1 Å². The first-order chi connectivity index (χ1) is 9.95. The molecular formula is C16H21N3OS. The molecule has 0 saturated heterocycles. The number of benzene rings is 1. The summed E-state index contributed by atoms with van der Waals surface area (Å²) in [5.74, 6) is 0.255. The van der Waals surface area contributed by atoms with Gasteiger partial charge in [0.25, 0.3) is 0 Å². The Hall–Kier alpha value is -1.72. The third-order valence-corrected chi connectivity index (χ3v) is 3.88. The average molecular weight is 303 g/mol. The van der Waals surface area contributed by atoms with Crippen LogP contribution in [0.15, 0.2) is 29.6 Å². The lowest BCUT2D eigenvalue weighted by molar-refractivity contribution is -0.117. The van der Waals surface area contributed by atoms with Crippen LogP contribution in [0.25, 0.3) is 11.3 Å². The lowest BCUT2D eigenvalue weighted by Crippen LogP contribution is -2.36. The van der Waals surface area contributed by atoms with Crippen LogP contribution >= 0.6 is 11.3 Å². The highest BCUT2D eigenvalue weighted by Crippen LogP contribution is 2.24. The molecule has 1 atom stereocenters. The van der Waals surface area contributed by atoms with E-state index in [0.29, 0.717) is 12.3 Å². The summed E-state index contributed by atoms with van der Waals surface area (Å²) in [7, 11) is 0. The van der Waals surface area contributed by atoms with Crippen LogP contribution < -0.4 is 11.1 Å². The summed E-state index contributed by atoms with van der Waals surface area (Å²) in [6, 6.07) is 7.21. The monoisotopic (exact) mass is 303 g/mol. The summed E-state index contributed by atoms with van der Waals surface area (Å²) >= 11 is 1.61. The molecule has 0 aliphatic carbocycles. The molecule has 1 heterocycles. The van der Waals surface area contributed by atoms with E-state index in [4.69, 9.17) is 5.73 Å². The minimum Gasteiger partial charge on any atom is -0.325 e. The molecule has 112 valence electrons. The zero-order valence-corrected chi connectivity index (χ0v) is 13.4. The molecule has 2 rings (SSSR count). The maximum atomic E-state index is 12.1. The third kappa shape index (κ3) is 4.37. The quantitative estimate of drug-likeness (QED) is 0.889. The van der Waals surface area contributed by atoms with Gasteiger partial charge in [-0.3, -0.25) is 4.79 Å². The lowest BCUT2D eigenvalue weighted by atomic mass is 10.0. The molecule has 1 aromatic heterocycles. The molecule has 3 N–H and O–H groups in total. The molecule has 0 radical (unpaired) electrons. The molecule has 2 aromatic rings. The second-order valence-corrected chi connectivity index (χ2v) is 6.62. The van der Waals surface area contributed by atoms with Crippen LogP contribution in [-0.2, 0) is 4.79 Å². The van der Waals surface area contributed by atoms with E-state index in [1.54, 1.807) is 11.3 Å². The second-order valence-electron chi connectivity index (χ2n) is 5.56. The Morgan fingerprint density at radius 1 is 1.43 bits per heavy atom. The van der Waals surface area contributed by atoms with Crippen molar-refractivity contribution in [2.45, 2.75) is 33.2 Å². The normalized spacial score (nSPS) is 12.4. The highest BCUT2D eigenvalue weighted by atomic mass is 32.1. The van der Waals surface area contributed by atoms with E-state index >= 15 is 0 Å². The molecule has 0 spiro atoms. The van der Waals surface area contributed by atoms with Gasteiger partial charge in [-0.2, -0.15) is 0 Å². The molecule has 0 aliphatic heterocycles. The van der Waals surface area contributed by atoms with Gasteiger partial charge < -0.3 is 11.1 Å². The molecule has 21 heavy (non-hydrogen) atoms. The Balaban J connectivity index is 2.09. The van der Waals surface area contributed by atoms with Crippen molar-refractivity contribution >= 4 is 22.9 Å². The molecular weight excluding hydrogens is 282 g/mol. The number of aromatic nitrogens is 1. The number of hydrogen-bond donors (Lipinski definition) is 2. The maximum absolute atomic E-state index is 12.1. The first-order valence-corrected chi connectivity index (χ1v) is 7.92. The van der Waals surface area contributed by atoms with Crippen molar-refractivity contribution in [3.63, 3.8) is 0 Å². The number of nitrogens with two attached hydrogens (primary N) is 1. The highest BCUT2D eigenvalue weighted by molar-refractivity contribution is 7.09. The predicted octanol–water partition coefficient (Wildman–Crippen LogP) is 3.43. The molecule has 1 aromatic carbocycles. The second kappa shape index (κ2) is 6.83. The van der Waals surface area contributed by atoms with E-state index < -0.39 is 6.04 Å². The molecule has 0 aliphatic rings. The van der Waals surface area contributed by atoms with Gasteiger partial charge in [-0.25, -0.2) is 4.98 Å². The van der Waals surface area contributed by atoms with Gasteiger partial charge in [-0.05, 0) is 31.4 Å². The summed E-state index contributed by atoms with van der Waals surface area (Å²) in [5.41, 5.74) is 8.57. The van der Waals surface area contributed by atoms with E-state index in [9.17, 15) is 4.79 Å². The fourth-order valence-electron chi connectivity index (χ4n) is 2.10. The van der Waals surface area contributed by atoms with Crippen LogP contribution in [-0.4, -0.2) is 16.9 Å². The number of nitrogens with zero attached hydrogens (tertiary/aromatic N) is 1. The fourth-order valence-corrected chi connectivity index (χ4v) is 2.72. The van der Waals surface area contributed by atoms with Crippen LogP contribution in [0, 0.1) is 12.8 Å². The summed E-state index contributed by atoms with van der Waals surface area (Å²) in [4.78, 5) is 16.5. The number of anilines is 1. The Morgan fingerprint density at radius 3 is 2.81 bits per heavy atom. The Bertz CT molecular complexity index is 621. The van der Waals surface area contributed by atoms with Gasteiger partial charge >= 0.3 is 0 Å². The fraction of sp³-hybridized carbons (Fsp3) is 0.375. The summed E-state index contributed by atoms with van der Waals surface area (Å²) in [5, 5.41) is 5.92. The molecule has 0 fully saturated rings. The molecule has 1 amide bonds. The smallest absolute Gasteiger partial charge is 0.241 e. The van der Waals surface area contributed by atoms with Gasteiger partial charge in [-0.15, -0.1) is 11.3 Å². The number of rotatable bonds is 5. The van der Waals surface area contributed by atoms with Crippen LogP contribution in [0.2, 0.25) is 0 Å². The summed E-state index contributed by atoms with van der Waals surface area (Å²) in [6.07, 6.45) is 0.677. The number of amides is 1. The Kier molecular flexibility index (Phi) is 5.09. The summed E-state index contributed by atoms with van der Waals surface area (Å²) < 4.78 is 0. The first kappa shape index (κ1) is 15.7. The van der Waals surface area contributed by atoms with Crippen LogP contribution in [0.1, 0.15) is 25.3 Å². The zero-order chi connectivity index (χ0) is 15.4. The number of nitrogens with one attached hydrogen (secondary N) is 1. The number of aryl methyl sites for hydroxylation is 1. The lowest BCUT2D eigenvalue weighted by Gasteiger charge is -2.14. The first-order valence-electron chi connectivity index (χ1n) is 7.04. The van der Waals surface area contributed by atoms with Crippen molar-refractivity contribution in [1.29, 1.82) is 0 Å². The van der Waals surface area contributed by atoms with E-state index in [0.717, 1.165) is 22.0 Å². The SMILES string of the molecule is Cc1nc(-c2cccc(NC(=O)C(N)CC(C)C)c2)cs1. The van der Waals surface area contributed by atoms with Gasteiger partial charge in [0.05, 0.1) is 16.7 Å². The Labute approximate surface area is 129 Å². The van der Waals surface area contributed by atoms with E-state index in [1.165, 1.54) is 0 Å². The van der Waals surface area contributed by atoms with E-state index in [-0.39, 0.29) is 5.91 Å². The minimum atomic E-state index is -0.477. The predicted molar refractivity (Wildman–Crippen MR) is 88.3 cm³/mol. The molecule has 0 bridgehead atoms. The highest BCUT2D eigenvalue weighted by Gasteiger charge is 2.15. The van der Waals surface area contributed by atoms with Gasteiger partial charge in [0.15, 0.2) is 0 Å². The van der Waals surface area contributed by atoms with Gasteiger partial charge in [0, 0.05) is 16.6 Å². The van der Waals surface area contributed by atoms with Crippen LogP contribution in [0.5, 0.6) is 0 Å². The van der Waals surface area contributed by atoms with Crippen molar-refractivity contribution in [1.82, 2.24) is 4.98 Å². The third-order valence-electron chi connectivity index (χ3n) is 3.11. The Morgan fingerprint density at radius 2 is 2.19 bits per heavy atom. The average Bonchev–Trinajstić information content (AvgIpc) is 2.85. The topological polar surface area (TPSA) is 68.0 Å². The standard InChI is InChI=1S/C16H21N3OS/c1-10(2)7-14(17)16(20)19-13-6-4-5-12(8-13)15-9-21-11(3)18-15/h4-6,8-10,14H,7,17H2,1-3H3,(H,19,20). The van der Waals surface area contributed by atoms with Crippen molar-refractivity contribution < 1.29 is 4.79 Å². The number of hydrogen-bond acceptors (Lipinski definition) is 4. The van der Waals surface area contributed by atoms with Crippen LogP contribution in [0.3, 0.4) is 0 Å². The number of carbonyl (C=O) groups is 1. The molecule has 1 unspecified atom stereocenters. The number of thiazole rings is 1. The zero-order valence-electron chi connectivity index (χ0n) is 12.6. The maximum Gasteiger partial charge on any atom is 0.241 e. The van der Waals surface area contributed by atoms with Gasteiger partial charge in [-0.1, -0.05) is 26.0 Å². The van der Waals surface area contributed by atoms with Crippen molar-refractivity contribution in [2.24, 2.45) is 11.7 Å². The van der Waals surface area contributed by atoms with Crippen molar-refractivity contribution in [3.05, 3.63) is 34.7 Å². The van der Waals surface area contributed by atoms with Crippen LogP contribution in [0.4, 0.5) is 5.69 Å².